The number of amides is 1. The third-order valence-electron chi connectivity index (χ3n) is 5.65. The number of carbonyl (C=O) groups excluding carboxylic acids is 1. The van der Waals surface area contributed by atoms with E-state index in [1.807, 2.05) is 53.7 Å². The SMILES string of the molecule is O=C(Cc1ccccc1)N1CCC(n2cnc3ncc(-c4cccnc4)nc32)CC1. The Bertz CT molecular complexity index is 1150. The highest BCUT2D eigenvalue weighted by atomic mass is 16.2. The van der Waals surface area contributed by atoms with Gasteiger partial charge in [-0.3, -0.25) is 9.78 Å². The molecule has 1 fully saturated rings. The van der Waals surface area contributed by atoms with Crippen LogP contribution in [0.25, 0.3) is 22.6 Å². The van der Waals surface area contributed by atoms with Crippen LogP contribution in [-0.4, -0.2) is 48.4 Å². The molecule has 1 aromatic carbocycles. The van der Waals surface area contributed by atoms with Crippen molar-refractivity contribution in [3.63, 3.8) is 0 Å². The molecule has 150 valence electrons. The largest absolute Gasteiger partial charge is 0.342 e. The van der Waals surface area contributed by atoms with Gasteiger partial charge in [0.25, 0.3) is 0 Å². The van der Waals surface area contributed by atoms with Gasteiger partial charge in [-0.2, -0.15) is 0 Å². The number of rotatable bonds is 4. The minimum Gasteiger partial charge on any atom is -0.342 e. The zero-order valence-electron chi connectivity index (χ0n) is 16.6. The molecule has 0 bridgehead atoms. The van der Waals surface area contributed by atoms with Crippen molar-refractivity contribution >= 4 is 17.2 Å². The fourth-order valence-electron chi connectivity index (χ4n) is 4.01. The maximum absolute atomic E-state index is 12.7. The Kier molecular flexibility index (Phi) is 4.93. The number of aromatic nitrogens is 5. The highest BCUT2D eigenvalue weighted by molar-refractivity contribution is 5.79. The van der Waals surface area contributed by atoms with Crippen molar-refractivity contribution in [2.75, 3.05) is 13.1 Å². The Hall–Kier alpha value is -3.61. The molecule has 1 amide bonds. The predicted octanol–water partition coefficient (Wildman–Crippen LogP) is 3.29. The van der Waals surface area contributed by atoms with Crippen LogP contribution in [0, 0.1) is 0 Å². The van der Waals surface area contributed by atoms with E-state index in [2.05, 4.69) is 19.5 Å². The van der Waals surface area contributed by atoms with E-state index in [-0.39, 0.29) is 11.9 Å². The molecule has 3 aromatic heterocycles. The second-order valence-corrected chi connectivity index (χ2v) is 7.57. The summed E-state index contributed by atoms with van der Waals surface area (Å²) in [6.45, 7) is 1.48. The van der Waals surface area contributed by atoms with Crippen LogP contribution in [0.2, 0.25) is 0 Å². The van der Waals surface area contributed by atoms with Gasteiger partial charge in [0.2, 0.25) is 5.91 Å². The van der Waals surface area contributed by atoms with Crippen molar-refractivity contribution in [1.29, 1.82) is 0 Å². The van der Waals surface area contributed by atoms with Crippen LogP contribution in [0.1, 0.15) is 24.4 Å². The fraction of sp³-hybridized carbons (Fsp3) is 0.261. The highest BCUT2D eigenvalue weighted by Crippen LogP contribution is 2.27. The fourth-order valence-corrected chi connectivity index (χ4v) is 4.01. The van der Waals surface area contributed by atoms with Crippen LogP contribution in [-0.2, 0) is 11.2 Å². The number of carbonyl (C=O) groups is 1. The maximum Gasteiger partial charge on any atom is 0.226 e. The Labute approximate surface area is 174 Å². The molecule has 0 atom stereocenters. The number of nitrogens with zero attached hydrogens (tertiary/aromatic N) is 6. The molecule has 0 aliphatic carbocycles. The molecular formula is C23H22N6O. The summed E-state index contributed by atoms with van der Waals surface area (Å²) in [6, 6.07) is 14.0. The number of fused-ring (bicyclic) bond motifs is 1. The third kappa shape index (κ3) is 3.66. The van der Waals surface area contributed by atoms with E-state index in [4.69, 9.17) is 4.98 Å². The lowest BCUT2D eigenvalue weighted by Crippen LogP contribution is -2.39. The first kappa shape index (κ1) is 18.4. The van der Waals surface area contributed by atoms with Gasteiger partial charge in [-0.25, -0.2) is 15.0 Å². The van der Waals surface area contributed by atoms with Crippen molar-refractivity contribution in [2.45, 2.75) is 25.3 Å². The molecule has 0 spiro atoms. The zero-order chi connectivity index (χ0) is 20.3. The molecule has 30 heavy (non-hydrogen) atoms. The van der Waals surface area contributed by atoms with Gasteiger partial charge >= 0.3 is 0 Å². The lowest BCUT2D eigenvalue weighted by molar-refractivity contribution is -0.131. The van der Waals surface area contributed by atoms with Gasteiger partial charge in [0.15, 0.2) is 11.3 Å². The lowest BCUT2D eigenvalue weighted by atomic mass is 10.0. The summed E-state index contributed by atoms with van der Waals surface area (Å²) in [7, 11) is 0. The average molecular weight is 398 g/mol. The zero-order valence-corrected chi connectivity index (χ0v) is 16.6. The van der Waals surface area contributed by atoms with Gasteiger partial charge in [0.1, 0.15) is 0 Å². The summed E-state index contributed by atoms with van der Waals surface area (Å²) in [5.41, 5.74) is 4.20. The summed E-state index contributed by atoms with van der Waals surface area (Å²) in [5, 5.41) is 0. The van der Waals surface area contributed by atoms with Crippen molar-refractivity contribution in [3.8, 4) is 11.3 Å². The molecule has 5 rings (SSSR count). The average Bonchev–Trinajstić information content (AvgIpc) is 3.24. The second kappa shape index (κ2) is 8.02. The molecule has 7 nitrogen and oxygen atoms in total. The number of likely N-dealkylation sites (tertiary alicyclic amines) is 1. The number of imidazole rings is 1. The number of benzene rings is 1. The summed E-state index contributed by atoms with van der Waals surface area (Å²) >= 11 is 0. The first-order chi connectivity index (χ1) is 14.8. The number of piperidine rings is 1. The standard InChI is InChI=1S/C23H22N6O/c30-21(13-17-5-2-1-3-6-17)28-11-8-19(9-12-28)29-16-26-22-23(29)27-20(15-25-22)18-7-4-10-24-14-18/h1-7,10,14-16,19H,8-9,11-13H2. The predicted molar refractivity (Wildman–Crippen MR) is 114 cm³/mol. The summed E-state index contributed by atoms with van der Waals surface area (Å²) in [4.78, 5) is 32.5. The smallest absolute Gasteiger partial charge is 0.226 e. The molecule has 4 aromatic rings. The minimum atomic E-state index is 0.189. The Morgan fingerprint density at radius 2 is 1.83 bits per heavy atom. The van der Waals surface area contributed by atoms with E-state index >= 15 is 0 Å². The summed E-state index contributed by atoms with van der Waals surface area (Å²) < 4.78 is 2.11. The molecule has 4 heterocycles. The van der Waals surface area contributed by atoms with E-state index in [1.165, 1.54) is 0 Å². The van der Waals surface area contributed by atoms with Crippen LogP contribution in [0.3, 0.4) is 0 Å². The number of hydrogen-bond acceptors (Lipinski definition) is 5. The summed E-state index contributed by atoms with van der Waals surface area (Å²) in [5.74, 6) is 0.189. The minimum absolute atomic E-state index is 0.189. The molecular weight excluding hydrogens is 376 g/mol. The molecule has 1 aliphatic rings. The van der Waals surface area contributed by atoms with Crippen LogP contribution in [0.4, 0.5) is 0 Å². The number of pyridine rings is 1. The molecule has 0 N–H and O–H groups in total. The quantitative estimate of drug-likeness (QED) is 0.527. The van der Waals surface area contributed by atoms with E-state index in [0.29, 0.717) is 12.1 Å². The summed E-state index contributed by atoms with van der Waals surface area (Å²) in [6.07, 6.45) is 9.31. The number of hydrogen-bond donors (Lipinski definition) is 0. The second-order valence-electron chi connectivity index (χ2n) is 7.57. The van der Waals surface area contributed by atoms with Crippen LogP contribution in [0.5, 0.6) is 0 Å². The molecule has 0 unspecified atom stereocenters. The van der Waals surface area contributed by atoms with Crippen molar-refractivity contribution < 1.29 is 4.79 Å². The van der Waals surface area contributed by atoms with Crippen LogP contribution < -0.4 is 0 Å². The molecule has 0 radical (unpaired) electrons. The molecule has 0 saturated carbocycles. The first-order valence-electron chi connectivity index (χ1n) is 10.2. The molecule has 1 saturated heterocycles. The van der Waals surface area contributed by atoms with Gasteiger partial charge in [-0.15, -0.1) is 0 Å². The molecule has 1 aliphatic heterocycles. The van der Waals surface area contributed by atoms with Gasteiger partial charge in [-0.1, -0.05) is 30.3 Å². The van der Waals surface area contributed by atoms with Gasteiger partial charge < -0.3 is 9.47 Å². The van der Waals surface area contributed by atoms with Crippen LogP contribution >= 0.6 is 0 Å². The first-order valence-corrected chi connectivity index (χ1v) is 10.2. The van der Waals surface area contributed by atoms with Gasteiger partial charge in [-0.05, 0) is 30.5 Å². The van der Waals surface area contributed by atoms with E-state index in [1.54, 1.807) is 18.6 Å². The lowest BCUT2D eigenvalue weighted by Gasteiger charge is -2.32. The van der Waals surface area contributed by atoms with Crippen molar-refractivity contribution in [3.05, 3.63) is 72.9 Å². The van der Waals surface area contributed by atoms with E-state index < -0.39 is 0 Å². The Balaban J connectivity index is 1.30. The van der Waals surface area contributed by atoms with Crippen LogP contribution in [0.15, 0.2) is 67.4 Å². The normalized spacial score (nSPS) is 14.9. The van der Waals surface area contributed by atoms with Gasteiger partial charge in [0.05, 0.1) is 24.6 Å². The monoisotopic (exact) mass is 398 g/mol. The Morgan fingerprint density at radius 3 is 2.60 bits per heavy atom. The highest BCUT2D eigenvalue weighted by Gasteiger charge is 2.25. The van der Waals surface area contributed by atoms with Crippen molar-refractivity contribution in [2.24, 2.45) is 0 Å². The molecule has 7 heteroatoms. The Morgan fingerprint density at radius 1 is 1.00 bits per heavy atom. The van der Waals surface area contributed by atoms with E-state index in [9.17, 15) is 4.79 Å². The van der Waals surface area contributed by atoms with E-state index in [0.717, 1.165) is 48.4 Å². The third-order valence-corrected chi connectivity index (χ3v) is 5.65. The van der Waals surface area contributed by atoms with Crippen molar-refractivity contribution in [1.82, 2.24) is 29.4 Å². The van der Waals surface area contributed by atoms with Gasteiger partial charge in [0, 0.05) is 37.1 Å². The maximum atomic E-state index is 12.7. The topological polar surface area (TPSA) is 76.8 Å².